The molecule has 8 rings (SSSR count). The first-order valence-corrected chi connectivity index (χ1v) is 16.3. The average molecular weight is 625 g/mol. The molecule has 1 aliphatic carbocycles. The molecule has 3 nitrogen and oxygen atoms in total. The molecule has 1 N–H and O–H groups in total. The third kappa shape index (κ3) is 4.70. The lowest BCUT2D eigenvalue weighted by molar-refractivity contribution is 0.102. The molecule has 3 heteroatoms. The van der Waals surface area contributed by atoms with Crippen LogP contribution in [0.25, 0.3) is 21.9 Å². The van der Waals surface area contributed by atoms with E-state index in [0.717, 1.165) is 22.6 Å². The number of methoxy groups -OCH3 is 1. The number of aliphatic hydroxyl groups is 1. The first kappa shape index (κ1) is 29.7. The van der Waals surface area contributed by atoms with Gasteiger partial charge in [0.1, 0.15) is 22.8 Å². The number of fused-ring (bicyclic) bond motifs is 5. The van der Waals surface area contributed by atoms with Crippen molar-refractivity contribution in [2.75, 3.05) is 7.11 Å². The minimum absolute atomic E-state index is 0.489. The van der Waals surface area contributed by atoms with Crippen LogP contribution in [0.15, 0.2) is 158 Å². The van der Waals surface area contributed by atoms with Crippen LogP contribution < -0.4 is 9.47 Å². The molecule has 0 bridgehead atoms. The Labute approximate surface area is 281 Å². The first-order chi connectivity index (χ1) is 23.4. The minimum Gasteiger partial charge on any atom is -0.497 e. The van der Waals surface area contributed by atoms with Gasteiger partial charge in [-0.3, -0.25) is 0 Å². The first-order valence-electron chi connectivity index (χ1n) is 16.3. The Hall–Kier alpha value is -5.64. The van der Waals surface area contributed by atoms with Crippen LogP contribution in [0.2, 0.25) is 0 Å². The summed E-state index contributed by atoms with van der Waals surface area (Å²) in [4.78, 5) is 0. The standard InChI is InChI=1S/C45H36O3/c1-30-12-15-34(16-13-30)45(41-11-7-6-10-40(41)43-39-9-5-4-8-31(39)14-29-42(43)45)35-21-27-38(28-22-35)48-37-25-19-33(20-26-37)44(2,46)32-17-23-36(47-3)24-18-32/h4-29,46H,1-3H3. The molecule has 234 valence electrons. The zero-order valence-corrected chi connectivity index (χ0v) is 27.3. The highest BCUT2D eigenvalue weighted by molar-refractivity contribution is 6.04. The molecule has 0 saturated carbocycles. The van der Waals surface area contributed by atoms with Gasteiger partial charge in [-0.1, -0.05) is 127 Å². The molecule has 48 heavy (non-hydrogen) atoms. The number of rotatable bonds is 7. The maximum atomic E-state index is 11.4. The van der Waals surface area contributed by atoms with Crippen molar-refractivity contribution in [2.45, 2.75) is 24.9 Å². The van der Waals surface area contributed by atoms with E-state index in [4.69, 9.17) is 9.47 Å². The van der Waals surface area contributed by atoms with Gasteiger partial charge in [-0.15, -0.1) is 0 Å². The Kier molecular flexibility index (Phi) is 7.16. The summed E-state index contributed by atoms with van der Waals surface area (Å²) in [5.74, 6) is 2.20. The molecular weight excluding hydrogens is 588 g/mol. The summed E-state index contributed by atoms with van der Waals surface area (Å²) in [6.45, 7) is 3.94. The second-order valence-electron chi connectivity index (χ2n) is 12.8. The van der Waals surface area contributed by atoms with Crippen molar-refractivity contribution in [2.24, 2.45) is 0 Å². The molecule has 0 aromatic heterocycles. The number of aryl methyl sites for hydroxylation is 1. The lowest BCUT2D eigenvalue weighted by Gasteiger charge is -2.34. The number of ether oxygens (including phenoxy) is 2. The van der Waals surface area contributed by atoms with E-state index in [0.29, 0.717) is 5.75 Å². The molecule has 7 aromatic carbocycles. The van der Waals surface area contributed by atoms with Crippen LogP contribution in [0, 0.1) is 6.92 Å². The van der Waals surface area contributed by atoms with E-state index in [9.17, 15) is 5.11 Å². The van der Waals surface area contributed by atoms with Crippen LogP contribution in [0.5, 0.6) is 17.2 Å². The molecule has 0 spiro atoms. The van der Waals surface area contributed by atoms with Gasteiger partial charge < -0.3 is 14.6 Å². The summed E-state index contributed by atoms with van der Waals surface area (Å²) >= 11 is 0. The zero-order valence-electron chi connectivity index (χ0n) is 27.3. The van der Waals surface area contributed by atoms with Crippen LogP contribution in [0.1, 0.15) is 45.9 Å². The summed E-state index contributed by atoms with van der Waals surface area (Å²) in [6.07, 6.45) is 0. The molecule has 0 heterocycles. The Morgan fingerprint density at radius 1 is 0.542 bits per heavy atom. The van der Waals surface area contributed by atoms with Gasteiger partial charge in [-0.05, 0) is 106 Å². The highest BCUT2D eigenvalue weighted by Gasteiger charge is 2.46. The van der Waals surface area contributed by atoms with Gasteiger partial charge in [-0.2, -0.15) is 0 Å². The van der Waals surface area contributed by atoms with Crippen molar-refractivity contribution in [1.82, 2.24) is 0 Å². The highest BCUT2D eigenvalue weighted by Crippen LogP contribution is 2.57. The van der Waals surface area contributed by atoms with Gasteiger partial charge in [0.15, 0.2) is 0 Å². The topological polar surface area (TPSA) is 38.7 Å². The van der Waals surface area contributed by atoms with Crippen molar-refractivity contribution in [1.29, 1.82) is 0 Å². The Bertz CT molecular complexity index is 2250. The predicted octanol–water partition coefficient (Wildman–Crippen LogP) is 10.6. The van der Waals surface area contributed by atoms with Crippen LogP contribution in [-0.2, 0) is 11.0 Å². The quantitative estimate of drug-likeness (QED) is 0.192. The summed E-state index contributed by atoms with van der Waals surface area (Å²) in [5.41, 5.74) is 8.73. The fourth-order valence-corrected chi connectivity index (χ4v) is 7.48. The largest absolute Gasteiger partial charge is 0.497 e. The van der Waals surface area contributed by atoms with E-state index in [2.05, 4.69) is 116 Å². The van der Waals surface area contributed by atoms with Crippen LogP contribution in [-0.4, -0.2) is 12.2 Å². The van der Waals surface area contributed by atoms with Crippen LogP contribution in [0.4, 0.5) is 0 Å². The second-order valence-corrected chi connectivity index (χ2v) is 12.8. The monoisotopic (exact) mass is 624 g/mol. The fraction of sp³-hybridized carbons (Fsp3) is 0.111. The lowest BCUT2D eigenvalue weighted by Crippen LogP contribution is -2.28. The van der Waals surface area contributed by atoms with Crippen molar-refractivity contribution in [3.8, 4) is 28.4 Å². The molecule has 0 radical (unpaired) electrons. The summed E-state index contributed by atoms with van der Waals surface area (Å²) in [5, 5.41) is 13.9. The molecule has 2 atom stereocenters. The van der Waals surface area contributed by atoms with Gasteiger partial charge in [0.05, 0.1) is 12.5 Å². The zero-order chi connectivity index (χ0) is 32.9. The van der Waals surface area contributed by atoms with Gasteiger partial charge >= 0.3 is 0 Å². The summed E-state index contributed by atoms with van der Waals surface area (Å²) in [6, 6.07) is 54.8. The fourth-order valence-electron chi connectivity index (χ4n) is 7.48. The molecule has 1 aliphatic rings. The SMILES string of the molecule is COc1ccc(C(C)(O)c2ccc(Oc3ccc(C4(c5ccc(C)cc5)c5ccccc5-c5c4ccc4ccccc54)cc3)cc2)cc1. The highest BCUT2D eigenvalue weighted by atomic mass is 16.5. The number of hydrogen-bond donors (Lipinski definition) is 1. The van der Waals surface area contributed by atoms with E-state index >= 15 is 0 Å². The van der Waals surface area contributed by atoms with Crippen LogP contribution in [0.3, 0.4) is 0 Å². The Balaban J connectivity index is 1.17. The molecule has 0 saturated heterocycles. The molecule has 0 fully saturated rings. The third-order valence-electron chi connectivity index (χ3n) is 10.0. The maximum Gasteiger partial charge on any atom is 0.127 e. The van der Waals surface area contributed by atoms with Crippen molar-refractivity contribution >= 4 is 10.8 Å². The Morgan fingerprint density at radius 3 is 1.73 bits per heavy atom. The summed E-state index contributed by atoms with van der Waals surface area (Å²) < 4.78 is 11.6. The van der Waals surface area contributed by atoms with E-state index in [1.807, 2.05) is 48.5 Å². The normalized spacial score (nSPS) is 16.2. The third-order valence-corrected chi connectivity index (χ3v) is 10.0. The van der Waals surface area contributed by atoms with E-state index < -0.39 is 11.0 Å². The predicted molar refractivity (Wildman–Crippen MR) is 194 cm³/mol. The minimum atomic E-state index is -1.16. The number of hydrogen-bond acceptors (Lipinski definition) is 3. The number of benzene rings is 7. The van der Waals surface area contributed by atoms with Gasteiger partial charge in [0, 0.05) is 0 Å². The van der Waals surface area contributed by atoms with Gasteiger partial charge in [-0.25, -0.2) is 0 Å². The molecule has 2 unspecified atom stereocenters. The van der Waals surface area contributed by atoms with Gasteiger partial charge in [0.25, 0.3) is 0 Å². The molecule has 0 amide bonds. The van der Waals surface area contributed by atoms with E-state index in [-0.39, 0.29) is 0 Å². The van der Waals surface area contributed by atoms with Crippen molar-refractivity contribution < 1.29 is 14.6 Å². The van der Waals surface area contributed by atoms with Crippen molar-refractivity contribution in [3.63, 3.8) is 0 Å². The summed E-state index contributed by atoms with van der Waals surface area (Å²) in [7, 11) is 1.63. The van der Waals surface area contributed by atoms with Crippen LogP contribution >= 0.6 is 0 Å². The second kappa shape index (κ2) is 11.6. The average Bonchev–Trinajstić information content (AvgIpc) is 3.44. The Morgan fingerprint density at radius 2 is 1.08 bits per heavy atom. The van der Waals surface area contributed by atoms with E-state index in [1.165, 1.54) is 49.7 Å². The van der Waals surface area contributed by atoms with E-state index in [1.54, 1.807) is 14.0 Å². The molecule has 0 aliphatic heterocycles. The molecule has 7 aromatic rings. The van der Waals surface area contributed by atoms with Crippen molar-refractivity contribution in [3.05, 3.63) is 197 Å². The molecular formula is C45H36O3. The maximum absolute atomic E-state index is 11.4. The van der Waals surface area contributed by atoms with Gasteiger partial charge in [0.2, 0.25) is 0 Å². The lowest BCUT2D eigenvalue weighted by atomic mass is 9.67. The smallest absolute Gasteiger partial charge is 0.127 e.